The van der Waals surface area contributed by atoms with Crippen molar-refractivity contribution in [1.29, 1.82) is 0 Å². The lowest BCUT2D eigenvalue weighted by Gasteiger charge is -2.11. The lowest BCUT2D eigenvalue weighted by molar-refractivity contribution is 0.416. The average Bonchev–Trinajstić information content (AvgIpc) is 3.54. The van der Waals surface area contributed by atoms with Gasteiger partial charge in [-0.3, -0.25) is 0 Å². The minimum atomic E-state index is 0.501. The molecular formula is C22H22N6O. The third-order valence-corrected chi connectivity index (χ3v) is 5.18. The zero-order valence-electron chi connectivity index (χ0n) is 16.2. The van der Waals surface area contributed by atoms with Gasteiger partial charge in [-0.2, -0.15) is 4.98 Å². The van der Waals surface area contributed by atoms with E-state index in [9.17, 15) is 0 Å². The smallest absolute Gasteiger partial charge is 0.225 e. The molecule has 0 amide bonds. The molecule has 1 fully saturated rings. The fraction of sp³-hybridized carbons (Fsp3) is 0.227. The van der Waals surface area contributed by atoms with E-state index >= 15 is 0 Å². The van der Waals surface area contributed by atoms with E-state index in [2.05, 4.69) is 15.4 Å². The Hall–Kier alpha value is -3.61. The van der Waals surface area contributed by atoms with E-state index in [1.54, 1.807) is 11.8 Å². The van der Waals surface area contributed by atoms with Crippen LogP contribution in [0.15, 0.2) is 54.6 Å². The molecule has 7 heteroatoms. The molecule has 1 saturated carbocycles. The Morgan fingerprint density at radius 3 is 2.59 bits per heavy atom. The van der Waals surface area contributed by atoms with Gasteiger partial charge in [-0.1, -0.05) is 30.3 Å². The first-order valence-electron chi connectivity index (χ1n) is 9.73. The van der Waals surface area contributed by atoms with E-state index in [0.29, 0.717) is 29.0 Å². The van der Waals surface area contributed by atoms with Crippen LogP contribution in [0.25, 0.3) is 28.0 Å². The number of aromatic nitrogens is 4. The van der Waals surface area contributed by atoms with Crippen molar-refractivity contribution in [1.82, 2.24) is 19.7 Å². The summed E-state index contributed by atoms with van der Waals surface area (Å²) in [6.07, 6.45) is 2.51. The number of nitrogen functional groups attached to an aromatic ring is 1. The van der Waals surface area contributed by atoms with Crippen LogP contribution in [0.4, 0.5) is 11.8 Å². The topological polar surface area (TPSA) is 90.9 Å². The Morgan fingerprint density at radius 2 is 1.83 bits per heavy atom. The first kappa shape index (κ1) is 17.5. The minimum absolute atomic E-state index is 0.501. The maximum absolute atomic E-state index is 6.54. The zero-order chi connectivity index (χ0) is 19.8. The molecule has 0 saturated heterocycles. The number of nitrogens with one attached hydrogen (secondary N) is 1. The molecule has 0 bridgehead atoms. The van der Waals surface area contributed by atoms with Crippen LogP contribution in [-0.2, 0) is 0 Å². The van der Waals surface area contributed by atoms with Gasteiger partial charge in [0.15, 0.2) is 5.65 Å². The summed E-state index contributed by atoms with van der Waals surface area (Å²) in [6, 6.07) is 17.6. The first-order chi connectivity index (χ1) is 14.2. The SMILES string of the molecule is COc1ccccc1-c1nc(NCC2CC2)nc2nn(-c3ccccc3)c(N)c12. The van der Waals surface area contributed by atoms with Gasteiger partial charge in [-0.05, 0) is 43.0 Å². The van der Waals surface area contributed by atoms with E-state index in [1.165, 1.54) is 12.8 Å². The van der Waals surface area contributed by atoms with Gasteiger partial charge in [0.1, 0.15) is 11.6 Å². The second kappa shape index (κ2) is 7.09. The predicted molar refractivity (Wildman–Crippen MR) is 114 cm³/mol. The van der Waals surface area contributed by atoms with Crippen molar-refractivity contribution < 1.29 is 4.74 Å². The Bertz CT molecular complexity index is 1170. The number of benzene rings is 2. The molecule has 1 aliphatic rings. The Morgan fingerprint density at radius 1 is 1.07 bits per heavy atom. The fourth-order valence-electron chi connectivity index (χ4n) is 3.45. The van der Waals surface area contributed by atoms with Gasteiger partial charge >= 0.3 is 0 Å². The van der Waals surface area contributed by atoms with Gasteiger partial charge in [0.2, 0.25) is 5.95 Å². The summed E-state index contributed by atoms with van der Waals surface area (Å²) in [4.78, 5) is 9.46. The average molecular weight is 386 g/mol. The molecule has 2 aromatic carbocycles. The van der Waals surface area contributed by atoms with Crippen LogP contribution in [0.1, 0.15) is 12.8 Å². The van der Waals surface area contributed by atoms with Crippen LogP contribution in [0, 0.1) is 5.92 Å². The maximum Gasteiger partial charge on any atom is 0.225 e. The molecule has 146 valence electrons. The number of para-hydroxylation sites is 2. The second-order valence-corrected chi connectivity index (χ2v) is 7.25. The monoisotopic (exact) mass is 386 g/mol. The summed E-state index contributed by atoms with van der Waals surface area (Å²) < 4.78 is 7.29. The first-order valence-corrected chi connectivity index (χ1v) is 9.73. The van der Waals surface area contributed by atoms with Crippen molar-refractivity contribution in [2.24, 2.45) is 5.92 Å². The number of nitrogens with zero attached hydrogens (tertiary/aromatic N) is 4. The van der Waals surface area contributed by atoms with Crippen LogP contribution >= 0.6 is 0 Å². The van der Waals surface area contributed by atoms with Crippen molar-refractivity contribution in [2.75, 3.05) is 24.7 Å². The highest BCUT2D eigenvalue weighted by molar-refractivity contribution is 6.00. The summed E-state index contributed by atoms with van der Waals surface area (Å²) in [5.74, 6) is 2.49. The fourth-order valence-corrected chi connectivity index (χ4v) is 3.45. The summed E-state index contributed by atoms with van der Waals surface area (Å²) in [5.41, 5.74) is 9.55. The van der Waals surface area contributed by atoms with E-state index in [4.69, 9.17) is 15.5 Å². The highest BCUT2D eigenvalue weighted by Gasteiger charge is 2.23. The Kier molecular flexibility index (Phi) is 4.27. The molecule has 29 heavy (non-hydrogen) atoms. The zero-order valence-corrected chi connectivity index (χ0v) is 16.2. The second-order valence-electron chi connectivity index (χ2n) is 7.25. The van der Waals surface area contributed by atoms with Gasteiger partial charge < -0.3 is 15.8 Å². The normalized spacial score (nSPS) is 13.6. The molecule has 0 unspecified atom stereocenters. The molecule has 4 aromatic rings. The van der Waals surface area contributed by atoms with E-state index in [-0.39, 0.29) is 0 Å². The van der Waals surface area contributed by atoms with Gasteiger partial charge in [0.25, 0.3) is 0 Å². The largest absolute Gasteiger partial charge is 0.496 e. The quantitative estimate of drug-likeness (QED) is 0.522. The predicted octanol–water partition coefficient (Wildman–Crippen LogP) is 3.90. The Labute approximate surface area is 168 Å². The number of ether oxygens (including phenoxy) is 1. The van der Waals surface area contributed by atoms with Crippen LogP contribution in [0.2, 0.25) is 0 Å². The number of hydrogen-bond acceptors (Lipinski definition) is 6. The maximum atomic E-state index is 6.54. The van der Waals surface area contributed by atoms with Crippen LogP contribution < -0.4 is 15.8 Å². The van der Waals surface area contributed by atoms with E-state index < -0.39 is 0 Å². The van der Waals surface area contributed by atoms with E-state index in [0.717, 1.165) is 28.9 Å². The Balaban J connectivity index is 1.72. The molecule has 0 radical (unpaired) electrons. The van der Waals surface area contributed by atoms with Gasteiger partial charge in [0.05, 0.1) is 23.9 Å². The number of methoxy groups -OCH3 is 1. The van der Waals surface area contributed by atoms with Crippen LogP contribution in [-0.4, -0.2) is 33.4 Å². The summed E-state index contributed by atoms with van der Waals surface area (Å²) in [5, 5.41) is 8.77. The number of nitrogens with two attached hydrogens (primary N) is 1. The van der Waals surface area contributed by atoms with Gasteiger partial charge in [0, 0.05) is 12.1 Å². The molecule has 0 aliphatic heterocycles. The van der Waals surface area contributed by atoms with Crippen LogP contribution in [0.3, 0.4) is 0 Å². The van der Waals surface area contributed by atoms with Crippen LogP contribution in [0.5, 0.6) is 5.75 Å². The van der Waals surface area contributed by atoms with Crippen molar-refractivity contribution in [3.63, 3.8) is 0 Å². The molecule has 3 N–H and O–H groups in total. The van der Waals surface area contributed by atoms with E-state index in [1.807, 2.05) is 54.6 Å². The van der Waals surface area contributed by atoms with Gasteiger partial charge in [-0.25, -0.2) is 9.67 Å². The van der Waals surface area contributed by atoms with Crippen molar-refractivity contribution in [3.8, 4) is 22.7 Å². The summed E-state index contributed by atoms with van der Waals surface area (Å²) in [6.45, 7) is 0.867. The standard InChI is InChI=1S/C22H22N6O/c1-29-17-10-6-5-9-16(17)19-18-20(23)28(15-7-3-2-4-8-15)27-21(18)26-22(25-19)24-13-14-11-12-14/h2-10,14H,11-13,23H2,1H3,(H,24,26,27). The lowest BCUT2D eigenvalue weighted by Crippen LogP contribution is -2.08. The summed E-state index contributed by atoms with van der Waals surface area (Å²) in [7, 11) is 1.65. The van der Waals surface area contributed by atoms with Crippen molar-refractivity contribution >= 4 is 22.8 Å². The lowest BCUT2D eigenvalue weighted by atomic mass is 10.1. The molecule has 1 aliphatic carbocycles. The number of fused-ring (bicyclic) bond motifs is 1. The number of anilines is 2. The molecule has 7 nitrogen and oxygen atoms in total. The molecular weight excluding hydrogens is 364 g/mol. The number of hydrogen-bond donors (Lipinski definition) is 2. The number of rotatable bonds is 6. The molecule has 0 spiro atoms. The minimum Gasteiger partial charge on any atom is -0.496 e. The highest BCUT2D eigenvalue weighted by atomic mass is 16.5. The molecule has 5 rings (SSSR count). The molecule has 2 aromatic heterocycles. The summed E-state index contributed by atoms with van der Waals surface area (Å²) >= 11 is 0. The van der Waals surface area contributed by atoms with Gasteiger partial charge in [-0.15, -0.1) is 5.10 Å². The third kappa shape index (κ3) is 3.24. The highest BCUT2D eigenvalue weighted by Crippen LogP contribution is 2.37. The van der Waals surface area contributed by atoms with Crippen molar-refractivity contribution in [2.45, 2.75) is 12.8 Å². The van der Waals surface area contributed by atoms with Crippen molar-refractivity contribution in [3.05, 3.63) is 54.6 Å². The molecule has 0 atom stereocenters. The molecule has 2 heterocycles. The third-order valence-electron chi connectivity index (χ3n) is 5.18.